The summed E-state index contributed by atoms with van der Waals surface area (Å²) >= 11 is 0. The highest BCUT2D eigenvalue weighted by molar-refractivity contribution is 5.82. The van der Waals surface area contributed by atoms with Crippen molar-refractivity contribution < 1.29 is 14.7 Å². The summed E-state index contributed by atoms with van der Waals surface area (Å²) in [6, 6.07) is -1.21. The molecule has 0 radical (unpaired) electrons. The second-order valence-electron chi connectivity index (χ2n) is 2.70. The molecule has 0 aromatic heterocycles. The van der Waals surface area contributed by atoms with E-state index in [1.807, 2.05) is 6.92 Å². The van der Waals surface area contributed by atoms with E-state index in [1.165, 1.54) is 0 Å². The summed E-state index contributed by atoms with van der Waals surface area (Å²) in [5, 5.41) is 13.5. The van der Waals surface area contributed by atoms with E-state index in [0.29, 0.717) is 13.0 Å². The highest BCUT2D eigenvalue weighted by atomic mass is 16.4. The number of carboxylic acid groups (broad SMARTS) is 1. The zero-order valence-corrected chi connectivity index (χ0v) is 7.96. The summed E-state index contributed by atoms with van der Waals surface area (Å²) in [5.74, 6) is -1.01. The fourth-order valence-corrected chi connectivity index (χ4v) is 0.786. The molecule has 5 heteroatoms. The van der Waals surface area contributed by atoms with Crippen LogP contribution in [0.25, 0.3) is 0 Å². The Morgan fingerprint density at radius 3 is 2.38 bits per heavy atom. The van der Waals surface area contributed by atoms with Crippen LogP contribution >= 0.6 is 0 Å². The first-order valence-electron chi connectivity index (χ1n) is 4.39. The van der Waals surface area contributed by atoms with Crippen molar-refractivity contribution in [2.45, 2.75) is 32.7 Å². The van der Waals surface area contributed by atoms with Crippen LogP contribution < -0.4 is 10.6 Å². The Labute approximate surface area is 77.5 Å². The van der Waals surface area contributed by atoms with Crippen LogP contribution in [-0.4, -0.2) is 29.7 Å². The molecule has 0 aliphatic rings. The van der Waals surface area contributed by atoms with Crippen LogP contribution in [-0.2, 0) is 4.79 Å². The first kappa shape index (κ1) is 11.7. The quantitative estimate of drug-likeness (QED) is 0.589. The van der Waals surface area contributed by atoms with Crippen LogP contribution in [0.3, 0.4) is 0 Å². The van der Waals surface area contributed by atoms with Gasteiger partial charge in [-0.3, -0.25) is 0 Å². The predicted molar refractivity (Wildman–Crippen MR) is 48.5 cm³/mol. The number of aliphatic carboxylic acids is 1. The molecule has 0 rings (SSSR count). The summed E-state index contributed by atoms with van der Waals surface area (Å²) in [6.07, 6.45) is 1.21. The molecule has 0 aliphatic heterocycles. The molecule has 1 atom stereocenters. The summed E-state index contributed by atoms with van der Waals surface area (Å²) < 4.78 is 0. The van der Waals surface area contributed by atoms with E-state index in [4.69, 9.17) is 5.11 Å². The summed E-state index contributed by atoms with van der Waals surface area (Å²) in [5.41, 5.74) is 0. The van der Waals surface area contributed by atoms with E-state index in [0.717, 1.165) is 6.42 Å². The smallest absolute Gasteiger partial charge is 0.326 e. The maximum Gasteiger partial charge on any atom is 0.326 e. The Morgan fingerprint density at radius 1 is 1.38 bits per heavy atom. The fourth-order valence-electron chi connectivity index (χ4n) is 0.786. The molecule has 0 fully saturated rings. The van der Waals surface area contributed by atoms with E-state index in [-0.39, 0.29) is 0 Å². The van der Waals surface area contributed by atoms with Gasteiger partial charge in [-0.25, -0.2) is 9.59 Å². The van der Waals surface area contributed by atoms with Crippen molar-refractivity contribution in [1.29, 1.82) is 0 Å². The maximum atomic E-state index is 11.0. The van der Waals surface area contributed by atoms with E-state index >= 15 is 0 Å². The Hall–Kier alpha value is -1.26. The van der Waals surface area contributed by atoms with E-state index in [1.54, 1.807) is 6.92 Å². The molecule has 0 aliphatic carbocycles. The third-order valence-corrected chi connectivity index (χ3v) is 1.55. The van der Waals surface area contributed by atoms with Gasteiger partial charge >= 0.3 is 12.0 Å². The van der Waals surface area contributed by atoms with Gasteiger partial charge in [0.2, 0.25) is 0 Å². The first-order chi connectivity index (χ1) is 6.11. The number of carbonyl (C=O) groups is 2. The average molecular weight is 188 g/mol. The fraction of sp³-hybridized carbons (Fsp3) is 0.750. The summed E-state index contributed by atoms with van der Waals surface area (Å²) in [7, 11) is 0. The monoisotopic (exact) mass is 188 g/mol. The van der Waals surface area contributed by atoms with Crippen LogP contribution in [0.1, 0.15) is 26.7 Å². The maximum absolute atomic E-state index is 11.0. The largest absolute Gasteiger partial charge is 0.480 e. The number of hydrogen-bond donors (Lipinski definition) is 3. The zero-order chi connectivity index (χ0) is 10.3. The van der Waals surface area contributed by atoms with E-state index in [9.17, 15) is 9.59 Å². The lowest BCUT2D eigenvalue weighted by molar-refractivity contribution is -0.139. The molecular formula is C8H16N2O3. The zero-order valence-electron chi connectivity index (χ0n) is 7.96. The molecule has 0 unspecified atom stereocenters. The Kier molecular flexibility index (Phi) is 5.67. The minimum absolute atomic E-state index is 0.384. The van der Waals surface area contributed by atoms with Crippen molar-refractivity contribution in [1.82, 2.24) is 10.6 Å². The van der Waals surface area contributed by atoms with Gasteiger partial charge in [-0.15, -0.1) is 0 Å². The minimum Gasteiger partial charge on any atom is -0.480 e. The lowest BCUT2D eigenvalue weighted by Crippen LogP contribution is -2.45. The molecule has 76 valence electrons. The molecule has 3 N–H and O–H groups in total. The molecular weight excluding hydrogens is 172 g/mol. The number of nitrogens with one attached hydrogen (secondary N) is 2. The number of rotatable bonds is 5. The lowest BCUT2D eigenvalue weighted by atomic mass is 10.2. The Bertz CT molecular complexity index is 182. The Morgan fingerprint density at radius 2 is 2.00 bits per heavy atom. The molecule has 0 spiro atoms. The van der Waals surface area contributed by atoms with Gasteiger partial charge < -0.3 is 15.7 Å². The average Bonchev–Trinajstić information content (AvgIpc) is 2.10. The standard InChI is InChI=1S/C8H16N2O3/c1-3-5-9-8(13)10-6(4-2)7(11)12/h6H,3-5H2,1-2H3,(H,11,12)(H2,9,10,13)/t6-/m0/s1. The number of carbonyl (C=O) groups excluding carboxylic acids is 1. The van der Waals surface area contributed by atoms with Crippen LogP contribution in [0, 0.1) is 0 Å². The molecule has 0 aromatic rings. The molecule has 0 saturated carbocycles. The van der Waals surface area contributed by atoms with Crippen LogP contribution in [0.2, 0.25) is 0 Å². The molecule has 0 bridgehead atoms. The van der Waals surface area contributed by atoms with Crippen LogP contribution in [0.4, 0.5) is 4.79 Å². The van der Waals surface area contributed by atoms with Crippen molar-refractivity contribution in [3.05, 3.63) is 0 Å². The predicted octanol–water partition coefficient (Wildman–Crippen LogP) is 0.559. The van der Waals surface area contributed by atoms with Crippen molar-refractivity contribution >= 4 is 12.0 Å². The van der Waals surface area contributed by atoms with E-state index < -0.39 is 18.0 Å². The Balaban J connectivity index is 3.80. The first-order valence-corrected chi connectivity index (χ1v) is 4.39. The topological polar surface area (TPSA) is 78.4 Å². The van der Waals surface area contributed by atoms with Crippen molar-refractivity contribution in [3.63, 3.8) is 0 Å². The second kappa shape index (κ2) is 6.28. The lowest BCUT2D eigenvalue weighted by Gasteiger charge is -2.12. The van der Waals surface area contributed by atoms with Gasteiger partial charge in [0.15, 0.2) is 0 Å². The van der Waals surface area contributed by atoms with Gasteiger partial charge in [-0.05, 0) is 12.8 Å². The molecule has 2 amide bonds. The van der Waals surface area contributed by atoms with Crippen molar-refractivity contribution in [2.24, 2.45) is 0 Å². The van der Waals surface area contributed by atoms with Gasteiger partial charge in [-0.1, -0.05) is 13.8 Å². The van der Waals surface area contributed by atoms with Gasteiger partial charge in [0, 0.05) is 6.54 Å². The molecule has 0 heterocycles. The summed E-state index contributed by atoms with van der Waals surface area (Å²) in [6.45, 7) is 4.19. The number of carboxylic acids is 1. The minimum atomic E-state index is -1.01. The SMILES string of the molecule is CCCNC(=O)N[C@@H](CC)C(=O)O. The number of hydrogen-bond acceptors (Lipinski definition) is 2. The van der Waals surface area contributed by atoms with Crippen LogP contribution in [0.15, 0.2) is 0 Å². The third-order valence-electron chi connectivity index (χ3n) is 1.55. The van der Waals surface area contributed by atoms with Gasteiger partial charge in [0.1, 0.15) is 6.04 Å². The van der Waals surface area contributed by atoms with E-state index in [2.05, 4.69) is 10.6 Å². The molecule has 13 heavy (non-hydrogen) atoms. The van der Waals surface area contributed by atoms with Gasteiger partial charge in [0.25, 0.3) is 0 Å². The molecule has 0 aromatic carbocycles. The number of amides is 2. The second-order valence-corrected chi connectivity index (χ2v) is 2.70. The van der Waals surface area contributed by atoms with Gasteiger partial charge in [0.05, 0.1) is 0 Å². The highest BCUT2D eigenvalue weighted by Gasteiger charge is 2.16. The third kappa shape index (κ3) is 5.05. The normalized spacial score (nSPS) is 11.8. The van der Waals surface area contributed by atoms with Crippen LogP contribution in [0.5, 0.6) is 0 Å². The van der Waals surface area contributed by atoms with Crippen molar-refractivity contribution in [2.75, 3.05) is 6.54 Å². The molecule has 5 nitrogen and oxygen atoms in total. The van der Waals surface area contributed by atoms with Gasteiger partial charge in [-0.2, -0.15) is 0 Å². The summed E-state index contributed by atoms with van der Waals surface area (Å²) in [4.78, 5) is 21.5. The highest BCUT2D eigenvalue weighted by Crippen LogP contribution is 1.89. The number of urea groups is 1. The van der Waals surface area contributed by atoms with Crippen molar-refractivity contribution in [3.8, 4) is 0 Å². The molecule has 0 saturated heterocycles.